The van der Waals surface area contributed by atoms with Gasteiger partial charge in [0.15, 0.2) is 0 Å². The van der Waals surface area contributed by atoms with E-state index in [1.807, 2.05) is 11.9 Å². The van der Waals surface area contributed by atoms with Gasteiger partial charge >= 0.3 is 6.18 Å². The Labute approximate surface area is 149 Å². The minimum Gasteiger partial charge on any atom is -0.490 e. The maximum atomic E-state index is 12.9. The Morgan fingerprint density at radius 2 is 2.00 bits per heavy atom. The maximum absolute atomic E-state index is 12.9. The van der Waals surface area contributed by atoms with Gasteiger partial charge in [0.1, 0.15) is 18.5 Å². The van der Waals surface area contributed by atoms with E-state index in [4.69, 9.17) is 9.15 Å². The summed E-state index contributed by atoms with van der Waals surface area (Å²) in [4.78, 5) is 1.87. The molecule has 1 N–H and O–H groups in total. The average Bonchev–Trinajstić information content (AvgIpc) is 2.97. The molecule has 0 aliphatic rings. The van der Waals surface area contributed by atoms with Crippen molar-refractivity contribution in [2.24, 2.45) is 0 Å². The molecule has 0 saturated heterocycles. The van der Waals surface area contributed by atoms with Gasteiger partial charge < -0.3 is 19.2 Å². The number of nitrogens with zero attached hydrogens (tertiary/aromatic N) is 3. The van der Waals surface area contributed by atoms with E-state index in [0.29, 0.717) is 24.7 Å². The van der Waals surface area contributed by atoms with Crippen molar-refractivity contribution < 1.29 is 27.4 Å². The van der Waals surface area contributed by atoms with Gasteiger partial charge in [-0.25, -0.2) is 0 Å². The number of aryl methyl sites for hydroxylation is 2. The quantitative estimate of drug-likeness (QED) is 0.729. The third kappa shape index (κ3) is 6.30. The number of halogens is 3. The number of hydrogen-bond donors (Lipinski definition) is 1. The van der Waals surface area contributed by atoms with E-state index in [2.05, 4.69) is 10.2 Å². The SMILES string of the molecule is Cc1nnc(CCCN(C)C[C@H](O)COc2ccccc2C(F)(F)F)o1. The zero-order chi connectivity index (χ0) is 19.2. The van der Waals surface area contributed by atoms with E-state index in [9.17, 15) is 18.3 Å². The highest BCUT2D eigenvalue weighted by Gasteiger charge is 2.34. The first-order valence-corrected chi connectivity index (χ1v) is 8.20. The van der Waals surface area contributed by atoms with Crippen LogP contribution in [0.1, 0.15) is 23.8 Å². The largest absolute Gasteiger partial charge is 0.490 e. The van der Waals surface area contributed by atoms with Crippen molar-refractivity contribution in [2.45, 2.75) is 32.0 Å². The Kier molecular flexibility index (Phi) is 6.98. The number of para-hydroxylation sites is 1. The van der Waals surface area contributed by atoms with Crippen molar-refractivity contribution in [3.05, 3.63) is 41.6 Å². The molecule has 0 aliphatic heterocycles. The molecular formula is C17H22F3N3O3. The fourth-order valence-corrected chi connectivity index (χ4v) is 2.46. The Hall–Kier alpha value is -2.13. The van der Waals surface area contributed by atoms with Gasteiger partial charge in [0.2, 0.25) is 11.8 Å². The number of benzene rings is 1. The normalized spacial score (nSPS) is 13.2. The molecular weight excluding hydrogens is 351 g/mol. The highest BCUT2D eigenvalue weighted by Crippen LogP contribution is 2.35. The summed E-state index contributed by atoms with van der Waals surface area (Å²) in [6.07, 6.45) is -4.03. The number of aliphatic hydroxyl groups excluding tert-OH is 1. The van der Waals surface area contributed by atoms with Crippen LogP contribution in [0.2, 0.25) is 0 Å². The molecule has 6 nitrogen and oxygen atoms in total. The lowest BCUT2D eigenvalue weighted by atomic mass is 10.2. The van der Waals surface area contributed by atoms with Crippen molar-refractivity contribution in [2.75, 3.05) is 26.7 Å². The monoisotopic (exact) mass is 373 g/mol. The van der Waals surface area contributed by atoms with E-state index in [1.54, 1.807) is 6.92 Å². The number of aromatic nitrogens is 2. The summed E-state index contributed by atoms with van der Waals surface area (Å²) in [5, 5.41) is 17.6. The number of ether oxygens (including phenoxy) is 1. The van der Waals surface area contributed by atoms with Gasteiger partial charge in [-0.1, -0.05) is 12.1 Å². The summed E-state index contributed by atoms with van der Waals surface area (Å²) >= 11 is 0. The van der Waals surface area contributed by atoms with Crippen molar-refractivity contribution in [1.29, 1.82) is 0 Å². The molecule has 2 rings (SSSR count). The van der Waals surface area contributed by atoms with Crippen LogP contribution in [0.15, 0.2) is 28.7 Å². The minimum atomic E-state index is -4.49. The maximum Gasteiger partial charge on any atom is 0.419 e. The lowest BCUT2D eigenvalue weighted by Gasteiger charge is -2.21. The lowest BCUT2D eigenvalue weighted by Crippen LogP contribution is -2.34. The predicted molar refractivity (Wildman–Crippen MR) is 87.8 cm³/mol. The Morgan fingerprint density at radius 1 is 1.27 bits per heavy atom. The number of alkyl halides is 3. The Balaban J connectivity index is 1.74. The summed E-state index contributed by atoms with van der Waals surface area (Å²) in [7, 11) is 1.81. The van der Waals surface area contributed by atoms with Crippen molar-refractivity contribution in [1.82, 2.24) is 15.1 Å². The average molecular weight is 373 g/mol. The van der Waals surface area contributed by atoms with Crippen LogP contribution < -0.4 is 4.74 Å². The third-order valence-corrected chi connectivity index (χ3v) is 3.64. The molecule has 0 fully saturated rings. The fourth-order valence-electron chi connectivity index (χ4n) is 2.46. The number of hydrogen-bond acceptors (Lipinski definition) is 6. The smallest absolute Gasteiger partial charge is 0.419 e. The van der Waals surface area contributed by atoms with Crippen molar-refractivity contribution >= 4 is 0 Å². The van der Waals surface area contributed by atoms with Crippen LogP contribution in [-0.4, -0.2) is 53.1 Å². The van der Waals surface area contributed by atoms with Crippen LogP contribution in [0.5, 0.6) is 5.75 Å². The molecule has 2 aromatic rings. The van der Waals surface area contributed by atoms with Gasteiger partial charge in [-0.15, -0.1) is 10.2 Å². The first-order valence-electron chi connectivity index (χ1n) is 8.20. The van der Waals surface area contributed by atoms with Gasteiger partial charge in [-0.05, 0) is 32.1 Å². The summed E-state index contributed by atoms with van der Waals surface area (Å²) < 4.78 is 49.1. The topological polar surface area (TPSA) is 71.6 Å². The Bertz CT molecular complexity index is 691. The molecule has 0 amide bonds. The van der Waals surface area contributed by atoms with Crippen LogP contribution in [-0.2, 0) is 12.6 Å². The second-order valence-corrected chi connectivity index (χ2v) is 6.04. The second-order valence-electron chi connectivity index (χ2n) is 6.04. The molecule has 1 aromatic heterocycles. The minimum absolute atomic E-state index is 0.222. The molecule has 0 spiro atoms. The summed E-state index contributed by atoms with van der Waals surface area (Å²) in [5.41, 5.74) is -0.851. The highest BCUT2D eigenvalue weighted by atomic mass is 19.4. The van der Waals surface area contributed by atoms with Crippen molar-refractivity contribution in [3.8, 4) is 5.75 Å². The summed E-state index contributed by atoms with van der Waals surface area (Å²) in [6.45, 7) is 2.44. The number of rotatable bonds is 9. The van der Waals surface area contributed by atoms with Crippen molar-refractivity contribution in [3.63, 3.8) is 0 Å². The van der Waals surface area contributed by atoms with Gasteiger partial charge in [0, 0.05) is 19.9 Å². The number of likely N-dealkylation sites (N-methyl/N-ethyl adjacent to an activating group) is 1. The lowest BCUT2D eigenvalue weighted by molar-refractivity contribution is -0.139. The third-order valence-electron chi connectivity index (χ3n) is 3.64. The van der Waals surface area contributed by atoms with Gasteiger partial charge in [0.25, 0.3) is 0 Å². The zero-order valence-corrected chi connectivity index (χ0v) is 14.7. The van der Waals surface area contributed by atoms with E-state index in [1.165, 1.54) is 18.2 Å². The highest BCUT2D eigenvalue weighted by molar-refractivity contribution is 5.35. The van der Waals surface area contributed by atoms with Crippen LogP contribution in [0.4, 0.5) is 13.2 Å². The van der Waals surface area contributed by atoms with E-state index in [0.717, 1.165) is 12.5 Å². The van der Waals surface area contributed by atoms with Gasteiger partial charge in [-0.3, -0.25) is 0 Å². The molecule has 0 aliphatic carbocycles. The van der Waals surface area contributed by atoms with Crippen LogP contribution in [0.3, 0.4) is 0 Å². The molecule has 0 bridgehead atoms. The summed E-state index contributed by atoms with van der Waals surface area (Å²) in [5.74, 6) is 0.789. The molecule has 144 valence electrons. The predicted octanol–water partition coefficient (Wildman–Crippen LogP) is 2.70. The molecule has 0 unspecified atom stereocenters. The molecule has 9 heteroatoms. The first-order chi connectivity index (χ1) is 12.3. The fraction of sp³-hybridized carbons (Fsp3) is 0.529. The molecule has 1 aromatic carbocycles. The molecule has 26 heavy (non-hydrogen) atoms. The molecule has 0 saturated carbocycles. The number of aliphatic hydroxyl groups is 1. The van der Waals surface area contributed by atoms with E-state index < -0.39 is 17.8 Å². The zero-order valence-electron chi connectivity index (χ0n) is 14.7. The van der Waals surface area contributed by atoms with Crippen LogP contribution in [0.25, 0.3) is 0 Å². The van der Waals surface area contributed by atoms with E-state index >= 15 is 0 Å². The molecule has 1 heterocycles. The molecule has 1 atom stereocenters. The van der Waals surface area contributed by atoms with Gasteiger partial charge in [0.05, 0.1) is 5.56 Å². The van der Waals surface area contributed by atoms with Crippen LogP contribution in [0, 0.1) is 6.92 Å². The Morgan fingerprint density at radius 3 is 2.65 bits per heavy atom. The second kappa shape index (κ2) is 9.00. The van der Waals surface area contributed by atoms with Gasteiger partial charge in [-0.2, -0.15) is 13.2 Å². The first kappa shape index (κ1) is 20.2. The molecule has 0 radical (unpaired) electrons. The standard InChI is InChI=1S/C17H22F3N3O3/c1-12-21-22-16(26-12)8-5-9-23(2)10-13(24)11-25-15-7-4-3-6-14(15)17(18,19)20/h3-4,6-7,13,24H,5,8-11H2,1-2H3/t13-/m0/s1. The van der Waals surface area contributed by atoms with E-state index in [-0.39, 0.29) is 18.9 Å². The van der Waals surface area contributed by atoms with Crippen LogP contribution >= 0.6 is 0 Å². The summed E-state index contributed by atoms with van der Waals surface area (Å²) in [6, 6.07) is 4.95.